The maximum Gasteiger partial charge on any atom is 0.390 e. The lowest BCUT2D eigenvalue weighted by molar-refractivity contribution is -0.137. The quantitative estimate of drug-likeness (QED) is 0.723. The van der Waals surface area contributed by atoms with Gasteiger partial charge in [0.25, 0.3) is 0 Å². The van der Waals surface area contributed by atoms with Crippen LogP contribution in [0.4, 0.5) is 13.2 Å². The second-order valence-corrected chi connectivity index (χ2v) is 3.59. The predicted molar refractivity (Wildman–Crippen MR) is 51.3 cm³/mol. The molecule has 0 aromatic rings. The van der Waals surface area contributed by atoms with Crippen molar-refractivity contribution in [2.24, 2.45) is 0 Å². The Hall–Kier alpha value is -0.290. The highest BCUT2D eigenvalue weighted by Crippen LogP contribution is 2.19. The molecule has 0 aliphatic rings. The predicted octanol–water partition coefficient (Wildman–Crippen LogP) is 1.87. The molecule has 0 saturated carbocycles. The van der Waals surface area contributed by atoms with Gasteiger partial charge in [-0.1, -0.05) is 6.92 Å². The molecule has 1 N–H and O–H groups in total. The van der Waals surface area contributed by atoms with Crippen LogP contribution in [0.5, 0.6) is 0 Å². The van der Waals surface area contributed by atoms with E-state index in [4.69, 9.17) is 0 Å². The van der Waals surface area contributed by atoms with Crippen molar-refractivity contribution in [3.05, 3.63) is 0 Å². The van der Waals surface area contributed by atoms with Gasteiger partial charge in [0.15, 0.2) is 0 Å². The molecule has 14 heavy (non-hydrogen) atoms. The van der Waals surface area contributed by atoms with Gasteiger partial charge in [-0.05, 0) is 20.5 Å². The highest BCUT2D eigenvalue weighted by atomic mass is 19.4. The zero-order chi connectivity index (χ0) is 11.2. The van der Waals surface area contributed by atoms with Crippen LogP contribution in [-0.4, -0.2) is 43.8 Å². The van der Waals surface area contributed by atoms with Gasteiger partial charge in [0.1, 0.15) is 0 Å². The first kappa shape index (κ1) is 13.7. The molecule has 0 saturated heterocycles. The van der Waals surface area contributed by atoms with Gasteiger partial charge in [-0.15, -0.1) is 0 Å². The van der Waals surface area contributed by atoms with Gasteiger partial charge in [-0.3, -0.25) is 0 Å². The van der Waals surface area contributed by atoms with Crippen molar-refractivity contribution in [2.45, 2.75) is 32.5 Å². The second kappa shape index (κ2) is 6.24. The largest absolute Gasteiger partial charge is 0.390 e. The third-order valence-electron chi connectivity index (χ3n) is 1.92. The zero-order valence-electron chi connectivity index (χ0n) is 8.99. The molecule has 0 amide bonds. The molecule has 0 fully saturated rings. The third kappa shape index (κ3) is 8.31. The number of hydrogen-bond donors (Lipinski definition) is 1. The molecule has 5 heteroatoms. The van der Waals surface area contributed by atoms with E-state index in [1.54, 1.807) is 11.9 Å². The lowest BCUT2D eigenvalue weighted by Crippen LogP contribution is -2.38. The van der Waals surface area contributed by atoms with Gasteiger partial charge in [0.2, 0.25) is 0 Å². The molecule has 0 aromatic heterocycles. The molecule has 0 aromatic carbocycles. The van der Waals surface area contributed by atoms with Crippen LogP contribution in [-0.2, 0) is 0 Å². The van der Waals surface area contributed by atoms with Gasteiger partial charge in [0.05, 0.1) is 6.42 Å². The molecular weight excluding hydrogens is 193 g/mol. The van der Waals surface area contributed by atoms with Crippen molar-refractivity contribution in [1.82, 2.24) is 10.2 Å². The maximum atomic E-state index is 11.9. The zero-order valence-corrected chi connectivity index (χ0v) is 8.99. The van der Waals surface area contributed by atoms with E-state index < -0.39 is 12.6 Å². The van der Waals surface area contributed by atoms with Gasteiger partial charge >= 0.3 is 6.18 Å². The fourth-order valence-corrected chi connectivity index (χ4v) is 1.29. The summed E-state index contributed by atoms with van der Waals surface area (Å²) >= 11 is 0. The van der Waals surface area contributed by atoms with Crippen molar-refractivity contribution in [1.29, 1.82) is 0 Å². The molecule has 0 spiro atoms. The van der Waals surface area contributed by atoms with Crippen LogP contribution in [0.1, 0.15) is 20.3 Å². The number of nitrogens with zero attached hydrogens (tertiary/aromatic N) is 1. The van der Waals surface area contributed by atoms with Crippen molar-refractivity contribution >= 4 is 0 Å². The van der Waals surface area contributed by atoms with Crippen LogP contribution in [0, 0.1) is 0 Å². The molecule has 86 valence electrons. The van der Waals surface area contributed by atoms with E-state index in [0.29, 0.717) is 6.54 Å². The van der Waals surface area contributed by atoms with Gasteiger partial charge < -0.3 is 10.2 Å². The smallest absolute Gasteiger partial charge is 0.313 e. The fourth-order valence-electron chi connectivity index (χ4n) is 1.29. The Morgan fingerprint density at radius 3 is 2.36 bits per heavy atom. The first-order chi connectivity index (χ1) is 6.35. The number of halogens is 3. The summed E-state index contributed by atoms with van der Waals surface area (Å²) in [5.41, 5.74) is 0. The maximum absolute atomic E-state index is 11.9. The monoisotopic (exact) mass is 212 g/mol. The normalized spacial score (nSPS) is 14.8. The topological polar surface area (TPSA) is 15.3 Å². The molecule has 0 rings (SSSR count). The summed E-state index contributed by atoms with van der Waals surface area (Å²) in [6.07, 6.45) is -4.78. The standard InChI is InChI=1S/C9H19F3N2/c1-4-13-8(2)7-14(3)6-5-9(10,11)12/h8,13H,4-7H2,1-3H3. The Morgan fingerprint density at radius 1 is 1.36 bits per heavy atom. The molecule has 1 unspecified atom stereocenters. The van der Waals surface area contributed by atoms with Crippen LogP contribution < -0.4 is 5.32 Å². The molecule has 0 radical (unpaired) electrons. The lowest BCUT2D eigenvalue weighted by Gasteiger charge is -2.22. The first-order valence-electron chi connectivity index (χ1n) is 4.84. The number of hydrogen-bond acceptors (Lipinski definition) is 2. The summed E-state index contributed by atoms with van der Waals surface area (Å²) in [7, 11) is 1.71. The van der Waals surface area contributed by atoms with E-state index in [1.807, 2.05) is 13.8 Å². The molecule has 0 heterocycles. The van der Waals surface area contributed by atoms with Crippen molar-refractivity contribution in [3.63, 3.8) is 0 Å². The van der Waals surface area contributed by atoms with Crippen LogP contribution in [0.2, 0.25) is 0 Å². The van der Waals surface area contributed by atoms with Crippen molar-refractivity contribution in [2.75, 3.05) is 26.7 Å². The Labute approximate surface area is 83.5 Å². The van der Waals surface area contributed by atoms with E-state index in [9.17, 15) is 13.2 Å². The lowest BCUT2D eigenvalue weighted by atomic mass is 10.3. The van der Waals surface area contributed by atoms with Gasteiger partial charge in [0, 0.05) is 19.1 Å². The van der Waals surface area contributed by atoms with Crippen LogP contribution in [0.25, 0.3) is 0 Å². The summed E-state index contributed by atoms with van der Waals surface area (Å²) in [6.45, 7) is 5.50. The van der Waals surface area contributed by atoms with E-state index in [0.717, 1.165) is 6.54 Å². The third-order valence-corrected chi connectivity index (χ3v) is 1.92. The summed E-state index contributed by atoms with van der Waals surface area (Å²) in [4.78, 5) is 1.70. The van der Waals surface area contributed by atoms with E-state index in [1.165, 1.54) is 0 Å². The Kier molecular flexibility index (Phi) is 6.11. The molecule has 1 atom stereocenters. The van der Waals surface area contributed by atoms with Gasteiger partial charge in [-0.2, -0.15) is 13.2 Å². The molecule has 0 bridgehead atoms. The molecule has 0 aliphatic heterocycles. The average molecular weight is 212 g/mol. The van der Waals surface area contributed by atoms with Crippen LogP contribution in [0.15, 0.2) is 0 Å². The Balaban J connectivity index is 3.59. The summed E-state index contributed by atoms with van der Waals surface area (Å²) in [5, 5.41) is 3.15. The van der Waals surface area contributed by atoms with Gasteiger partial charge in [-0.25, -0.2) is 0 Å². The van der Waals surface area contributed by atoms with E-state index >= 15 is 0 Å². The summed E-state index contributed by atoms with van der Waals surface area (Å²) < 4.78 is 35.6. The molecule has 2 nitrogen and oxygen atoms in total. The van der Waals surface area contributed by atoms with Crippen LogP contribution >= 0.6 is 0 Å². The minimum atomic E-state index is -4.05. The summed E-state index contributed by atoms with van der Waals surface area (Å²) in [6, 6.07) is 0.234. The Morgan fingerprint density at radius 2 is 1.93 bits per heavy atom. The highest BCUT2D eigenvalue weighted by Gasteiger charge is 2.27. The van der Waals surface area contributed by atoms with Crippen molar-refractivity contribution in [3.8, 4) is 0 Å². The van der Waals surface area contributed by atoms with E-state index in [2.05, 4.69) is 5.32 Å². The first-order valence-corrected chi connectivity index (χ1v) is 4.84. The minimum Gasteiger partial charge on any atom is -0.313 e. The fraction of sp³-hybridized carbons (Fsp3) is 1.00. The average Bonchev–Trinajstić information content (AvgIpc) is 2.00. The SMILES string of the molecule is CCNC(C)CN(C)CCC(F)(F)F. The number of rotatable bonds is 6. The Bertz CT molecular complexity index is 147. The van der Waals surface area contributed by atoms with Crippen LogP contribution in [0.3, 0.4) is 0 Å². The summed E-state index contributed by atoms with van der Waals surface area (Å²) in [5.74, 6) is 0. The molecular formula is C9H19F3N2. The number of alkyl halides is 3. The highest BCUT2D eigenvalue weighted by molar-refractivity contribution is 4.65. The van der Waals surface area contributed by atoms with E-state index in [-0.39, 0.29) is 12.6 Å². The number of likely N-dealkylation sites (N-methyl/N-ethyl adjacent to an activating group) is 2. The van der Waals surface area contributed by atoms with Crippen molar-refractivity contribution < 1.29 is 13.2 Å². The number of nitrogens with one attached hydrogen (secondary N) is 1. The second-order valence-electron chi connectivity index (χ2n) is 3.59. The minimum absolute atomic E-state index is 0.0687. The molecule has 0 aliphatic carbocycles.